The van der Waals surface area contributed by atoms with Crippen LogP contribution in [0.5, 0.6) is 0 Å². The summed E-state index contributed by atoms with van der Waals surface area (Å²) in [5, 5.41) is 21.1. The van der Waals surface area contributed by atoms with E-state index in [0.29, 0.717) is 17.0 Å². The summed E-state index contributed by atoms with van der Waals surface area (Å²) in [5.74, 6) is -1.37. The molecule has 2 unspecified atom stereocenters. The fourth-order valence-electron chi connectivity index (χ4n) is 3.01. The minimum atomic E-state index is -0.877. The number of aliphatic hydroxyl groups excluding tert-OH is 2. The van der Waals surface area contributed by atoms with E-state index < -0.39 is 36.5 Å². The molecule has 0 spiro atoms. The third-order valence-electron chi connectivity index (χ3n) is 4.26. The van der Waals surface area contributed by atoms with Crippen molar-refractivity contribution in [3.8, 4) is 11.3 Å². The van der Waals surface area contributed by atoms with Crippen molar-refractivity contribution in [3.05, 3.63) is 42.2 Å². The first-order valence-corrected chi connectivity index (χ1v) is 8.28. The number of anilines is 1. The second-order valence-electron chi connectivity index (χ2n) is 6.22. The average molecular weight is 373 g/mol. The number of benzene rings is 1. The van der Waals surface area contributed by atoms with Crippen molar-refractivity contribution in [1.29, 1.82) is 0 Å². The predicted molar refractivity (Wildman–Crippen MR) is 94.5 cm³/mol. The van der Waals surface area contributed by atoms with Gasteiger partial charge in [0.15, 0.2) is 5.76 Å². The Hall–Kier alpha value is -3.17. The molecule has 2 aromatic rings. The van der Waals surface area contributed by atoms with E-state index in [1.807, 2.05) is 0 Å². The molecule has 0 bridgehead atoms. The Morgan fingerprint density at radius 1 is 1.26 bits per heavy atom. The number of furan rings is 1. The van der Waals surface area contributed by atoms with Gasteiger partial charge in [-0.3, -0.25) is 14.4 Å². The molecule has 142 valence electrons. The molecule has 9 heteroatoms. The molecular formula is C18H19N3O6. The lowest BCUT2D eigenvalue weighted by Crippen LogP contribution is -2.43. The Morgan fingerprint density at radius 3 is 2.74 bits per heavy atom. The van der Waals surface area contributed by atoms with Gasteiger partial charge in [-0.25, -0.2) is 0 Å². The Morgan fingerprint density at radius 2 is 2.04 bits per heavy atom. The molecule has 3 amide bonds. The van der Waals surface area contributed by atoms with Gasteiger partial charge in [0.1, 0.15) is 18.4 Å². The van der Waals surface area contributed by atoms with Gasteiger partial charge in [-0.2, -0.15) is 0 Å². The normalized spacial score (nSPS) is 19.1. The Bertz CT molecular complexity index is 877. The molecule has 5 N–H and O–H groups in total. The first-order chi connectivity index (χ1) is 12.9. The van der Waals surface area contributed by atoms with E-state index in [2.05, 4.69) is 5.32 Å². The highest BCUT2D eigenvalue weighted by atomic mass is 16.4. The number of rotatable bonds is 5. The number of nitrogens with zero attached hydrogens (tertiary/aromatic N) is 1. The molecule has 1 aromatic carbocycles. The van der Waals surface area contributed by atoms with Crippen molar-refractivity contribution in [1.82, 2.24) is 4.90 Å². The molecule has 2 atom stereocenters. The summed E-state index contributed by atoms with van der Waals surface area (Å²) in [6.45, 7) is -0.627. The van der Waals surface area contributed by atoms with E-state index in [1.54, 1.807) is 30.3 Å². The van der Waals surface area contributed by atoms with E-state index in [9.17, 15) is 19.5 Å². The number of primary amides is 1. The van der Waals surface area contributed by atoms with Crippen LogP contribution in [0.15, 0.2) is 40.8 Å². The molecule has 1 saturated heterocycles. The zero-order valence-electron chi connectivity index (χ0n) is 14.3. The molecule has 9 nitrogen and oxygen atoms in total. The number of likely N-dealkylation sites (tertiary alicyclic amines) is 1. The Balaban J connectivity index is 1.80. The lowest BCUT2D eigenvalue weighted by atomic mass is 10.1. The molecule has 3 rings (SSSR count). The summed E-state index contributed by atoms with van der Waals surface area (Å²) in [4.78, 5) is 36.6. The molecule has 1 aromatic heterocycles. The first kappa shape index (κ1) is 18.6. The third-order valence-corrected chi connectivity index (χ3v) is 4.26. The molecule has 1 aliphatic rings. The maximum Gasteiger partial charge on any atom is 0.290 e. The smallest absolute Gasteiger partial charge is 0.290 e. The van der Waals surface area contributed by atoms with Gasteiger partial charge in [-0.1, -0.05) is 12.1 Å². The first-order valence-electron chi connectivity index (χ1n) is 8.28. The van der Waals surface area contributed by atoms with E-state index in [1.165, 1.54) is 11.0 Å². The van der Waals surface area contributed by atoms with Gasteiger partial charge in [0.05, 0.1) is 6.10 Å². The minimum absolute atomic E-state index is 0.00511. The molecule has 0 saturated carbocycles. The van der Waals surface area contributed by atoms with Crippen LogP contribution in [0.2, 0.25) is 0 Å². The number of β-amino-alcohol motifs (C(OH)–C–C–N with tert-alkyl or cyclic N) is 1. The van der Waals surface area contributed by atoms with Crippen LogP contribution in [0.4, 0.5) is 5.69 Å². The van der Waals surface area contributed by atoms with Gasteiger partial charge in [-0.05, 0) is 24.3 Å². The van der Waals surface area contributed by atoms with E-state index in [-0.39, 0.29) is 18.7 Å². The maximum absolute atomic E-state index is 12.6. The number of nitrogens with two attached hydrogens (primary N) is 1. The molecule has 0 aliphatic carbocycles. The lowest BCUT2D eigenvalue weighted by Gasteiger charge is -2.20. The number of hydrogen-bond acceptors (Lipinski definition) is 6. The van der Waals surface area contributed by atoms with Crippen LogP contribution in [0.1, 0.15) is 17.0 Å². The zero-order chi connectivity index (χ0) is 19.6. The van der Waals surface area contributed by atoms with Crippen LogP contribution >= 0.6 is 0 Å². The van der Waals surface area contributed by atoms with E-state index >= 15 is 0 Å². The topological polar surface area (TPSA) is 146 Å². The molecule has 27 heavy (non-hydrogen) atoms. The van der Waals surface area contributed by atoms with Crippen LogP contribution in [0.3, 0.4) is 0 Å². The van der Waals surface area contributed by atoms with Crippen LogP contribution in [-0.4, -0.2) is 58.1 Å². The monoisotopic (exact) mass is 373 g/mol. The van der Waals surface area contributed by atoms with Crippen molar-refractivity contribution >= 4 is 23.4 Å². The van der Waals surface area contributed by atoms with E-state index in [0.717, 1.165) is 0 Å². The van der Waals surface area contributed by atoms with Crippen molar-refractivity contribution < 1.29 is 29.0 Å². The number of aliphatic hydroxyl groups is 2. The summed E-state index contributed by atoms with van der Waals surface area (Å²) in [6.07, 6.45) is -0.714. The van der Waals surface area contributed by atoms with Crippen LogP contribution in [0, 0.1) is 0 Å². The highest BCUT2D eigenvalue weighted by molar-refractivity contribution is 5.96. The van der Waals surface area contributed by atoms with Gasteiger partial charge in [-0.15, -0.1) is 0 Å². The SMILES string of the molecule is NC(=O)C1CC(O)CN1C(=O)c1ccc(-c2cccc(NC(=O)CO)c2)o1. The van der Waals surface area contributed by atoms with Crippen LogP contribution in [0.25, 0.3) is 11.3 Å². The highest BCUT2D eigenvalue weighted by Crippen LogP contribution is 2.27. The largest absolute Gasteiger partial charge is 0.451 e. The quantitative estimate of drug-likeness (QED) is 0.577. The highest BCUT2D eigenvalue weighted by Gasteiger charge is 2.39. The minimum Gasteiger partial charge on any atom is -0.451 e. The summed E-state index contributed by atoms with van der Waals surface area (Å²) < 4.78 is 5.61. The number of amides is 3. The van der Waals surface area contributed by atoms with Gasteiger partial charge >= 0.3 is 0 Å². The average Bonchev–Trinajstić information content (AvgIpc) is 3.28. The number of nitrogens with one attached hydrogen (secondary N) is 1. The fraction of sp³-hybridized carbons (Fsp3) is 0.278. The van der Waals surface area contributed by atoms with Crippen molar-refractivity contribution in [2.45, 2.75) is 18.6 Å². The second-order valence-corrected chi connectivity index (χ2v) is 6.22. The number of carbonyl (C=O) groups excluding carboxylic acids is 3. The number of hydrogen-bond donors (Lipinski definition) is 4. The number of carbonyl (C=O) groups is 3. The summed E-state index contributed by atoms with van der Waals surface area (Å²) in [7, 11) is 0. The third kappa shape index (κ3) is 3.99. The van der Waals surface area contributed by atoms with Crippen LogP contribution in [-0.2, 0) is 9.59 Å². The van der Waals surface area contributed by atoms with Gasteiger partial charge in [0.25, 0.3) is 5.91 Å². The molecule has 1 aliphatic heterocycles. The summed E-state index contributed by atoms with van der Waals surface area (Å²) >= 11 is 0. The standard InChI is InChI=1S/C18H19N3O6/c19-17(25)13-7-12(23)8-21(13)18(26)15-5-4-14(27-15)10-2-1-3-11(6-10)20-16(24)9-22/h1-6,12-13,22-23H,7-9H2,(H2,19,25)(H,20,24). The molecule has 1 fully saturated rings. The van der Waals surface area contributed by atoms with Crippen molar-refractivity contribution in [2.75, 3.05) is 18.5 Å². The zero-order valence-corrected chi connectivity index (χ0v) is 14.3. The molecular weight excluding hydrogens is 354 g/mol. The summed E-state index contributed by atoms with van der Waals surface area (Å²) in [5.41, 5.74) is 6.38. The maximum atomic E-state index is 12.6. The van der Waals surface area contributed by atoms with Crippen molar-refractivity contribution in [3.63, 3.8) is 0 Å². The molecule has 0 radical (unpaired) electrons. The lowest BCUT2D eigenvalue weighted by molar-refractivity contribution is -0.121. The van der Waals surface area contributed by atoms with Crippen molar-refractivity contribution in [2.24, 2.45) is 5.73 Å². The van der Waals surface area contributed by atoms with Gasteiger partial charge < -0.3 is 30.6 Å². The second kappa shape index (κ2) is 7.60. The predicted octanol–water partition coefficient (Wildman–Crippen LogP) is -0.0619. The Labute approximate surface area is 154 Å². The summed E-state index contributed by atoms with van der Waals surface area (Å²) in [6, 6.07) is 8.88. The fourth-order valence-corrected chi connectivity index (χ4v) is 3.01. The van der Waals surface area contributed by atoms with Crippen LogP contribution < -0.4 is 11.1 Å². The van der Waals surface area contributed by atoms with Gasteiger partial charge in [0, 0.05) is 24.2 Å². The Kier molecular flexibility index (Phi) is 5.24. The van der Waals surface area contributed by atoms with E-state index in [4.69, 9.17) is 15.3 Å². The van der Waals surface area contributed by atoms with Gasteiger partial charge in [0.2, 0.25) is 11.8 Å². The molecule has 2 heterocycles.